The molecule has 2 aromatic carbocycles. The Labute approximate surface area is 120 Å². The minimum Gasteiger partial charge on any atom is -0.384 e. The summed E-state index contributed by atoms with van der Waals surface area (Å²) in [6, 6.07) is 12.8. The van der Waals surface area contributed by atoms with Gasteiger partial charge in [0, 0.05) is 27.3 Å². The molecule has 2 nitrogen and oxygen atoms in total. The molecule has 0 saturated heterocycles. The monoisotopic (exact) mass is 291 g/mol. The van der Waals surface area contributed by atoms with E-state index in [2.05, 4.69) is 4.98 Å². The Kier molecular flexibility index (Phi) is 3.23. The largest absolute Gasteiger partial charge is 0.384 e. The second-order valence-electron chi connectivity index (χ2n) is 4.39. The number of aliphatic hydroxyl groups excluding tert-OH is 1. The molecule has 0 bridgehead atoms. The molecule has 19 heavy (non-hydrogen) atoms. The first-order valence-electron chi connectivity index (χ1n) is 5.85. The Morgan fingerprint density at radius 3 is 2.63 bits per heavy atom. The van der Waals surface area contributed by atoms with Crippen LogP contribution in [0.25, 0.3) is 10.9 Å². The SMILES string of the molecule is OC(c1ccc2[nH]ccc2c1)c1ccc(Cl)cc1Cl. The van der Waals surface area contributed by atoms with Crippen LogP contribution in [0.1, 0.15) is 17.2 Å². The van der Waals surface area contributed by atoms with E-state index >= 15 is 0 Å². The van der Waals surface area contributed by atoms with Crippen molar-refractivity contribution in [1.29, 1.82) is 0 Å². The van der Waals surface area contributed by atoms with Crippen LogP contribution in [0.15, 0.2) is 48.7 Å². The van der Waals surface area contributed by atoms with E-state index in [0.717, 1.165) is 16.5 Å². The van der Waals surface area contributed by atoms with Gasteiger partial charge in [-0.3, -0.25) is 0 Å². The van der Waals surface area contributed by atoms with Crippen LogP contribution in [0.4, 0.5) is 0 Å². The number of hydrogen-bond donors (Lipinski definition) is 2. The molecule has 3 rings (SSSR count). The molecular weight excluding hydrogens is 281 g/mol. The van der Waals surface area contributed by atoms with Crippen molar-refractivity contribution < 1.29 is 5.11 Å². The average Bonchev–Trinajstić information content (AvgIpc) is 2.85. The van der Waals surface area contributed by atoms with Crippen LogP contribution < -0.4 is 0 Å². The summed E-state index contributed by atoms with van der Waals surface area (Å²) in [5, 5.41) is 12.5. The van der Waals surface area contributed by atoms with E-state index in [9.17, 15) is 5.11 Å². The van der Waals surface area contributed by atoms with Crippen molar-refractivity contribution in [3.63, 3.8) is 0 Å². The molecule has 96 valence electrons. The smallest absolute Gasteiger partial charge is 0.106 e. The third-order valence-corrected chi connectivity index (χ3v) is 3.71. The molecule has 1 unspecified atom stereocenters. The lowest BCUT2D eigenvalue weighted by atomic mass is 10.0. The summed E-state index contributed by atoms with van der Waals surface area (Å²) >= 11 is 12.0. The quantitative estimate of drug-likeness (QED) is 0.714. The zero-order chi connectivity index (χ0) is 13.4. The summed E-state index contributed by atoms with van der Waals surface area (Å²) in [4.78, 5) is 3.12. The molecule has 0 amide bonds. The number of aliphatic hydroxyl groups is 1. The van der Waals surface area contributed by atoms with Crippen LogP contribution in [-0.2, 0) is 0 Å². The molecule has 0 aliphatic carbocycles. The Bertz CT molecular complexity index is 736. The maximum Gasteiger partial charge on any atom is 0.106 e. The molecule has 4 heteroatoms. The van der Waals surface area contributed by atoms with Crippen molar-refractivity contribution in [2.45, 2.75) is 6.10 Å². The number of H-pyrrole nitrogens is 1. The molecule has 1 heterocycles. The van der Waals surface area contributed by atoms with Gasteiger partial charge in [0.2, 0.25) is 0 Å². The standard InChI is InChI=1S/C15H11Cl2NO/c16-11-2-3-12(13(17)8-11)15(19)10-1-4-14-9(7-10)5-6-18-14/h1-8,15,18-19H. The van der Waals surface area contributed by atoms with Crippen molar-refractivity contribution >= 4 is 34.1 Å². The van der Waals surface area contributed by atoms with Gasteiger partial charge in [0.15, 0.2) is 0 Å². The van der Waals surface area contributed by atoms with Crippen molar-refractivity contribution in [1.82, 2.24) is 4.98 Å². The first kappa shape index (κ1) is 12.5. The van der Waals surface area contributed by atoms with Gasteiger partial charge in [-0.1, -0.05) is 35.3 Å². The summed E-state index contributed by atoms with van der Waals surface area (Å²) < 4.78 is 0. The number of nitrogens with one attached hydrogen (secondary N) is 1. The van der Waals surface area contributed by atoms with Gasteiger partial charge in [0.25, 0.3) is 0 Å². The average molecular weight is 292 g/mol. The van der Waals surface area contributed by atoms with Gasteiger partial charge in [-0.2, -0.15) is 0 Å². The number of aromatic amines is 1. The van der Waals surface area contributed by atoms with E-state index in [1.54, 1.807) is 18.2 Å². The van der Waals surface area contributed by atoms with Gasteiger partial charge in [0.1, 0.15) is 6.10 Å². The molecule has 0 saturated carbocycles. The molecule has 2 N–H and O–H groups in total. The number of rotatable bonds is 2. The highest BCUT2D eigenvalue weighted by molar-refractivity contribution is 6.35. The van der Waals surface area contributed by atoms with Crippen molar-refractivity contribution in [2.24, 2.45) is 0 Å². The molecule has 0 spiro atoms. The second kappa shape index (κ2) is 4.89. The predicted octanol–water partition coefficient (Wildman–Crippen LogP) is 4.56. The molecular formula is C15H11Cl2NO. The van der Waals surface area contributed by atoms with Crippen LogP contribution in [0.2, 0.25) is 10.0 Å². The van der Waals surface area contributed by atoms with Crippen molar-refractivity contribution in [3.8, 4) is 0 Å². The lowest BCUT2D eigenvalue weighted by molar-refractivity contribution is 0.220. The number of hydrogen-bond acceptors (Lipinski definition) is 1. The Balaban J connectivity index is 2.04. The molecule has 1 atom stereocenters. The van der Waals surface area contributed by atoms with Crippen molar-refractivity contribution in [3.05, 3.63) is 69.8 Å². The van der Waals surface area contributed by atoms with Crippen LogP contribution >= 0.6 is 23.2 Å². The van der Waals surface area contributed by atoms with Gasteiger partial charge in [0.05, 0.1) is 0 Å². The Morgan fingerprint density at radius 1 is 1.00 bits per heavy atom. The van der Waals surface area contributed by atoms with E-state index in [1.165, 1.54) is 0 Å². The van der Waals surface area contributed by atoms with Crippen LogP contribution in [0, 0.1) is 0 Å². The molecule has 1 aromatic heterocycles. The number of fused-ring (bicyclic) bond motifs is 1. The van der Waals surface area contributed by atoms with Crippen LogP contribution in [-0.4, -0.2) is 10.1 Å². The van der Waals surface area contributed by atoms with Crippen LogP contribution in [0.3, 0.4) is 0 Å². The molecule has 0 radical (unpaired) electrons. The molecule has 0 aliphatic heterocycles. The van der Waals surface area contributed by atoms with Gasteiger partial charge in [-0.05, 0) is 41.3 Å². The molecule has 3 aromatic rings. The van der Waals surface area contributed by atoms with Gasteiger partial charge in [-0.25, -0.2) is 0 Å². The lowest BCUT2D eigenvalue weighted by Gasteiger charge is -2.13. The highest BCUT2D eigenvalue weighted by Gasteiger charge is 2.14. The summed E-state index contributed by atoms with van der Waals surface area (Å²) in [6.07, 6.45) is 1.11. The summed E-state index contributed by atoms with van der Waals surface area (Å²) in [5.74, 6) is 0. The molecule has 0 fully saturated rings. The summed E-state index contributed by atoms with van der Waals surface area (Å²) in [5.41, 5.74) is 2.50. The maximum absolute atomic E-state index is 10.4. The van der Waals surface area contributed by atoms with E-state index < -0.39 is 6.10 Å². The molecule has 0 aliphatic rings. The minimum atomic E-state index is -0.760. The fourth-order valence-corrected chi connectivity index (χ4v) is 2.66. The normalized spacial score (nSPS) is 12.8. The third-order valence-electron chi connectivity index (χ3n) is 3.15. The van der Waals surface area contributed by atoms with Gasteiger partial charge < -0.3 is 10.1 Å². The van der Waals surface area contributed by atoms with Crippen LogP contribution in [0.5, 0.6) is 0 Å². The van der Waals surface area contributed by atoms with Gasteiger partial charge in [-0.15, -0.1) is 0 Å². The van der Waals surface area contributed by atoms with E-state index in [4.69, 9.17) is 23.2 Å². The fourth-order valence-electron chi connectivity index (χ4n) is 2.14. The first-order valence-corrected chi connectivity index (χ1v) is 6.61. The first-order chi connectivity index (χ1) is 9.15. The third kappa shape index (κ3) is 2.35. The maximum atomic E-state index is 10.4. The second-order valence-corrected chi connectivity index (χ2v) is 5.24. The van der Waals surface area contributed by atoms with Crippen molar-refractivity contribution in [2.75, 3.05) is 0 Å². The van der Waals surface area contributed by atoms with Gasteiger partial charge >= 0.3 is 0 Å². The van der Waals surface area contributed by atoms with E-state index in [0.29, 0.717) is 15.6 Å². The topological polar surface area (TPSA) is 36.0 Å². The predicted molar refractivity (Wildman–Crippen MR) is 78.8 cm³/mol. The minimum absolute atomic E-state index is 0.467. The van der Waals surface area contributed by atoms with E-state index in [1.807, 2.05) is 30.5 Å². The fraction of sp³-hybridized carbons (Fsp3) is 0.0667. The zero-order valence-electron chi connectivity index (χ0n) is 9.90. The number of aromatic nitrogens is 1. The number of halogens is 2. The zero-order valence-corrected chi connectivity index (χ0v) is 11.4. The van der Waals surface area contributed by atoms with E-state index in [-0.39, 0.29) is 0 Å². The summed E-state index contributed by atoms with van der Waals surface area (Å²) in [7, 11) is 0. The Morgan fingerprint density at radius 2 is 1.84 bits per heavy atom. The highest BCUT2D eigenvalue weighted by atomic mass is 35.5. The Hall–Kier alpha value is -1.48. The summed E-state index contributed by atoms with van der Waals surface area (Å²) in [6.45, 7) is 0. The lowest BCUT2D eigenvalue weighted by Crippen LogP contribution is -2.00. The number of benzene rings is 2. The highest BCUT2D eigenvalue weighted by Crippen LogP contribution is 2.31.